The third-order valence-corrected chi connectivity index (χ3v) is 2.99. The van der Waals surface area contributed by atoms with Crippen LogP contribution in [0.25, 0.3) is 10.1 Å². The fourth-order valence-electron chi connectivity index (χ4n) is 1.34. The van der Waals surface area contributed by atoms with Crippen molar-refractivity contribution in [1.82, 2.24) is 0 Å². The molecule has 0 bridgehead atoms. The number of aromatic hydroxyl groups is 1. The van der Waals surface area contributed by atoms with Crippen molar-refractivity contribution in [2.75, 3.05) is 5.73 Å². The number of benzene rings is 1. The topological polar surface area (TPSA) is 83.5 Å². The third kappa shape index (κ3) is 1.10. The summed E-state index contributed by atoms with van der Waals surface area (Å²) in [6.45, 7) is 0. The van der Waals surface area contributed by atoms with Crippen LogP contribution in [0.1, 0.15) is 10.4 Å². The van der Waals surface area contributed by atoms with E-state index >= 15 is 0 Å². The zero-order valence-electron chi connectivity index (χ0n) is 7.02. The summed E-state index contributed by atoms with van der Waals surface area (Å²) in [6.07, 6.45) is 0. The Labute approximate surface area is 83.2 Å². The number of carbonyl (C=O) groups is 1. The van der Waals surface area contributed by atoms with E-state index in [-0.39, 0.29) is 16.3 Å². The number of carboxylic acid groups (broad SMARTS) is 1. The fraction of sp³-hybridized carbons (Fsp3) is 0. The fourth-order valence-corrected chi connectivity index (χ4v) is 2.32. The number of phenolic OH excluding ortho intramolecular Hbond substituents is 1. The van der Waals surface area contributed by atoms with Crippen LogP contribution in [0.2, 0.25) is 0 Å². The van der Waals surface area contributed by atoms with Gasteiger partial charge in [-0.3, -0.25) is 0 Å². The lowest BCUT2D eigenvalue weighted by Crippen LogP contribution is -1.98. The summed E-state index contributed by atoms with van der Waals surface area (Å²) in [7, 11) is 0. The van der Waals surface area contributed by atoms with Crippen molar-refractivity contribution in [2.45, 2.75) is 0 Å². The number of fused-ring (bicyclic) bond motifs is 1. The maximum absolute atomic E-state index is 10.9. The number of carboxylic acids is 1. The molecule has 1 aromatic heterocycles. The summed E-state index contributed by atoms with van der Waals surface area (Å²) in [4.78, 5) is 10.9. The molecule has 2 aromatic rings. The van der Waals surface area contributed by atoms with Crippen molar-refractivity contribution in [3.05, 3.63) is 23.8 Å². The summed E-state index contributed by atoms with van der Waals surface area (Å²) in [5, 5.41) is 19.0. The predicted molar refractivity (Wildman–Crippen MR) is 54.9 cm³/mol. The highest BCUT2D eigenvalue weighted by Gasteiger charge is 2.17. The molecule has 1 aromatic carbocycles. The quantitative estimate of drug-likeness (QED) is 0.669. The first-order valence-corrected chi connectivity index (χ1v) is 4.66. The van der Waals surface area contributed by atoms with Crippen LogP contribution >= 0.6 is 11.3 Å². The van der Waals surface area contributed by atoms with E-state index in [0.29, 0.717) is 10.1 Å². The lowest BCUT2D eigenvalue weighted by atomic mass is 10.1. The molecule has 72 valence electrons. The summed E-state index contributed by atoms with van der Waals surface area (Å²) >= 11 is 1.08. The Hall–Kier alpha value is -1.75. The van der Waals surface area contributed by atoms with Gasteiger partial charge in [0.15, 0.2) is 0 Å². The van der Waals surface area contributed by atoms with Gasteiger partial charge in [-0.25, -0.2) is 4.79 Å². The van der Waals surface area contributed by atoms with E-state index in [4.69, 9.17) is 10.8 Å². The number of hydrogen-bond acceptors (Lipinski definition) is 4. The standard InChI is InChI=1S/C9H7NO3S/c10-8-6(9(12)13)4-2-1-3-5(11)7(4)14-8/h1-3,11H,10H2,(H,12,13). The number of phenols is 1. The van der Waals surface area contributed by atoms with Crippen LogP contribution < -0.4 is 5.73 Å². The molecule has 0 aliphatic rings. The Bertz CT molecular complexity index is 518. The zero-order valence-corrected chi connectivity index (χ0v) is 7.84. The second-order valence-corrected chi connectivity index (χ2v) is 3.85. The minimum atomic E-state index is -1.07. The maximum Gasteiger partial charge on any atom is 0.339 e. The van der Waals surface area contributed by atoms with Crippen LogP contribution in [-0.4, -0.2) is 16.2 Å². The molecule has 0 unspecified atom stereocenters. The Morgan fingerprint density at radius 1 is 1.43 bits per heavy atom. The SMILES string of the molecule is Nc1sc2c(O)cccc2c1C(=O)O. The van der Waals surface area contributed by atoms with Crippen molar-refractivity contribution >= 4 is 32.4 Å². The number of anilines is 1. The van der Waals surface area contributed by atoms with E-state index < -0.39 is 5.97 Å². The Morgan fingerprint density at radius 3 is 2.79 bits per heavy atom. The number of nitrogen functional groups attached to an aromatic ring is 1. The second kappa shape index (κ2) is 2.88. The third-order valence-electron chi connectivity index (χ3n) is 1.94. The van der Waals surface area contributed by atoms with Crippen LogP contribution in [0.4, 0.5) is 5.00 Å². The molecule has 2 rings (SSSR count). The molecule has 0 atom stereocenters. The lowest BCUT2D eigenvalue weighted by molar-refractivity contribution is 0.0700. The van der Waals surface area contributed by atoms with Crippen molar-refractivity contribution in [1.29, 1.82) is 0 Å². The molecule has 0 aliphatic carbocycles. The largest absolute Gasteiger partial charge is 0.506 e. The maximum atomic E-state index is 10.9. The van der Waals surface area contributed by atoms with Crippen LogP contribution in [-0.2, 0) is 0 Å². The van der Waals surface area contributed by atoms with Crippen molar-refractivity contribution < 1.29 is 15.0 Å². The molecule has 0 spiro atoms. The van der Waals surface area contributed by atoms with Gasteiger partial charge in [0, 0.05) is 5.39 Å². The van der Waals surface area contributed by atoms with Gasteiger partial charge in [0.05, 0.1) is 4.70 Å². The molecule has 1 heterocycles. The van der Waals surface area contributed by atoms with E-state index in [0.717, 1.165) is 11.3 Å². The molecule has 14 heavy (non-hydrogen) atoms. The number of aromatic carboxylic acids is 1. The number of nitrogens with two attached hydrogens (primary N) is 1. The molecule has 0 saturated carbocycles. The minimum absolute atomic E-state index is 0.0618. The van der Waals surface area contributed by atoms with E-state index in [1.807, 2.05) is 0 Å². The molecular formula is C9H7NO3S. The van der Waals surface area contributed by atoms with Crippen LogP contribution in [0.15, 0.2) is 18.2 Å². The number of rotatable bonds is 1. The minimum Gasteiger partial charge on any atom is -0.506 e. The van der Waals surface area contributed by atoms with Gasteiger partial charge in [-0.15, -0.1) is 11.3 Å². The first-order chi connectivity index (χ1) is 6.61. The van der Waals surface area contributed by atoms with E-state index in [1.165, 1.54) is 6.07 Å². The monoisotopic (exact) mass is 209 g/mol. The Balaban J connectivity index is 2.90. The van der Waals surface area contributed by atoms with Crippen molar-refractivity contribution in [2.24, 2.45) is 0 Å². The summed E-state index contributed by atoms with van der Waals surface area (Å²) < 4.78 is 0.516. The van der Waals surface area contributed by atoms with Gasteiger partial charge in [-0.05, 0) is 6.07 Å². The number of thiophene rings is 1. The molecular weight excluding hydrogens is 202 g/mol. The van der Waals surface area contributed by atoms with Crippen molar-refractivity contribution in [3.8, 4) is 5.75 Å². The molecule has 0 aliphatic heterocycles. The molecule has 0 saturated heterocycles. The smallest absolute Gasteiger partial charge is 0.339 e. The molecule has 0 amide bonds. The highest BCUT2D eigenvalue weighted by atomic mass is 32.1. The van der Waals surface area contributed by atoms with E-state index in [1.54, 1.807) is 12.1 Å². The van der Waals surface area contributed by atoms with Gasteiger partial charge >= 0.3 is 5.97 Å². The summed E-state index contributed by atoms with van der Waals surface area (Å²) in [6, 6.07) is 4.73. The van der Waals surface area contributed by atoms with E-state index in [2.05, 4.69) is 0 Å². The molecule has 4 N–H and O–H groups in total. The average Bonchev–Trinajstić information content (AvgIpc) is 2.42. The van der Waals surface area contributed by atoms with Crippen LogP contribution in [0, 0.1) is 0 Å². The van der Waals surface area contributed by atoms with Crippen LogP contribution in [0.3, 0.4) is 0 Å². The number of hydrogen-bond donors (Lipinski definition) is 3. The van der Waals surface area contributed by atoms with Gasteiger partial charge in [0.2, 0.25) is 0 Å². The highest BCUT2D eigenvalue weighted by molar-refractivity contribution is 7.23. The predicted octanol–water partition coefficient (Wildman–Crippen LogP) is 1.89. The molecule has 4 nitrogen and oxygen atoms in total. The normalized spacial score (nSPS) is 10.6. The van der Waals surface area contributed by atoms with Gasteiger partial charge in [-0.2, -0.15) is 0 Å². The Kier molecular flexibility index (Phi) is 1.82. The highest BCUT2D eigenvalue weighted by Crippen LogP contribution is 2.38. The average molecular weight is 209 g/mol. The second-order valence-electron chi connectivity index (χ2n) is 2.80. The van der Waals surface area contributed by atoms with Gasteiger partial charge < -0.3 is 15.9 Å². The van der Waals surface area contributed by atoms with E-state index in [9.17, 15) is 9.90 Å². The van der Waals surface area contributed by atoms with Gasteiger partial charge in [0.25, 0.3) is 0 Å². The van der Waals surface area contributed by atoms with Gasteiger partial charge in [-0.1, -0.05) is 12.1 Å². The first kappa shape index (κ1) is 8.83. The van der Waals surface area contributed by atoms with Gasteiger partial charge in [0.1, 0.15) is 16.3 Å². The first-order valence-electron chi connectivity index (χ1n) is 3.84. The molecule has 5 heteroatoms. The zero-order chi connectivity index (χ0) is 10.3. The Morgan fingerprint density at radius 2 is 2.14 bits per heavy atom. The molecule has 0 fully saturated rings. The summed E-state index contributed by atoms with van der Waals surface area (Å²) in [5.41, 5.74) is 5.62. The molecule has 0 radical (unpaired) electrons. The lowest BCUT2D eigenvalue weighted by Gasteiger charge is -1.94. The summed E-state index contributed by atoms with van der Waals surface area (Å²) in [5.74, 6) is -1.01. The van der Waals surface area contributed by atoms with Crippen molar-refractivity contribution in [3.63, 3.8) is 0 Å². The van der Waals surface area contributed by atoms with Crippen LogP contribution in [0.5, 0.6) is 5.75 Å².